The molecule has 1 atom stereocenters. The van der Waals surface area contributed by atoms with Crippen LogP contribution < -0.4 is 10.6 Å². The number of ether oxygens (including phenoxy) is 1. The Hall–Kier alpha value is -0.830. The highest BCUT2D eigenvalue weighted by atomic mass is 32.2. The van der Waals surface area contributed by atoms with Gasteiger partial charge < -0.3 is 15.4 Å². The molecule has 8 heteroatoms. The highest BCUT2D eigenvalue weighted by Gasteiger charge is 2.40. The van der Waals surface area contributed by atoms with Crippen LogP contribution in [0.3, 0.4) is 0 Å². The molecule has 2 aliphatic heterocycles. The lowest BCUT2D eigenvalue weighted by molar-refractivity contribution is -0.0120. The number of hydrogen-bond donors (Lipinski definition) is 2. The lowest BCUT2D eigenvalue weighted by Gasteiger charge is -2.43. The topological polar surface area (TPSA) is 61.8 Å². The fourth-order valence-corrected chi connectivity index (χ4v) is 5.45. The fraction of sp³-hybridized carbons (Fsp3) is 0.750. The van der Waals surface area contributed by atoms with Crippen LogP contribution in [0.25, 0.3) is 0 Å². The van der Waals surface area contributed by atoms with Crippen LogP contribution in [0.1, 0.15) is 16.3 Å². The van der Waals surface area contributed by atoms with Gasteiger partial charge in [-0.2, -0.15) is 11.8 Å². The minimum Gasteiger partial charge on any atom is -0.379 e. The number of nitrogens with one attached hydrogen (secondary N) is 2. The third-order valence-corrected chi connectivity index (χ3v) is 6.80. The number of hydrogen-bond acceptors (Lipinski definition) is 6. The zero-order valence-electron chi connectivity index (χ0n) is 14.5. The molecule has 2 N–H and O–H groups in total. The van der Waals surface area contributed by atoms with Crippen LogP contribution in [0.2, 0.25) is 0 Å². The van der Waals surface area contributed by atoms with E-state index in [-0.39, 0.29) is 5.54 Å². The maximum atomic E-state index is 5.53. The zero-order valence-corrected chi connectivity index (χ0v) is 16.1. The van der Waals surface area contributed by atoms with E-state index in [0.29, 0.717) is 0 Å². The Morgan fingerprint density at radius 2 is 2.25 bits per heavy atom. The summed E-state index contributed by atoms with van der Waals surface area (Å²) in [6.45, 7) is 7.50. The van der Waals surface area contributed by atoms with Crippen LogP contribution in [-0.2, 0) is 11.3 Å². The Labute approximate surface area is 152 Å². The molecular formula is C16H27N5OS2. The molecule has 0 saturated carbocycles. The summed E-state index contributed by atoms with van der Waals surface area (Å²) in [6, 6.07) is 0. The number of aryl methyl sites for hydroxylation is 1. The van der Waals surface area contributed by atoms with Crippen molar-refractivity contribution in [2.75, 3.05) is 51.4 Å². The molecule has 3 rings (SSSR count). The zero-order chi connectivity index (χ0) is 16.8. The first-order chi connectivity index (χ1) is 11.7. The van der Waals surface area contributed by atoms with Crippen molar-refractivity contribution in [1.82, 2.24) is 20.5 Å². The second-order valence-electron chi connectivity index (χ2n) is 6.27. The van der Waals surface area contributed by atoms with E-state index < -0.39 is 0 Å². The number of morpholine rings is 1. The molecule has 0 bridgehead atoms. The molecule has 134 valence electrons. The third-order valence-electron chi connectivity index (χ3n) is 4.65. The average molecular weight is 370 g/mol. The first-order valence-corrected chi connectivity index (χ1v) is 10.5. The number of thioether (sulfide) groups is 1. The van der Waals surface area contributed by atoms with Crippen LogP contribution in [0.4, 0.5) is 0 Å². The van der Waals surface area contributed by atoms with Gasteiger partial charge in [-0.15, -0.1) is 11.3 Å². The van der Waals surface area contributed by atoms with Gasteiger partial charge in [-0.25, -0.2) is 4.98 Å². The highest BCUT2D eigenvalue weighted by molar-refractivity contribution is 7.99. The van der Waals surface area contributed by atoms with Crippen molar-refractivity contribution >= 4 is 29.1 Å². The predicted octanol–water partition coefficient (Wildman–Crippen LogP) is 1.32. The summed E-state index contributed by atoms with van der Waals surface area (Å²) in [5.41, 5.74) is 0.226. The molecule has 0 aliphatic carbocycles. The van der Waals surface area contributed by atoms with Gasteiger partial charge >= 0.3 is 0 Å². The lowest BCUT2D eigenvalue weighted by Crippen LogP contribution is -2.60. The van der Waals surface area contributed by atoms with E-state index in [4.69, 9.17) is 4.74 Å². The van der Waals surface area contributed by atoms with Crippen LogP contribution >= 0.6 is 23.1 Å². The molecular weight excluding hydrogens is 342 g/mol. The smallest absolute Gasteiger partial charge is 0.191 e. The minimum atomic E-state index is 0.226. The third kappa shape index (κ3) is 4.41. The maximum absolute atomic E-state index is 5.53. The molecule has 24 heavy (non-hydrogen) atoms. The summed E-state index contributed by atoms with van der Waals surface area (Å²) >= 11 is 3.78. The Morgan fingerprint density at radius 1 is 1.42 bits per heavy atom. The van der Waals surface area contributed by atoms with Crippen LogP contribution in [0, 0.1) is 6.92 Å². The van der Waals surface area contributed by atoms with Crippen molar-refractivity contribution in [1.29, 1.82) is 0 Å². The second kappa shape index (κ2) is 8.51. The van der Waals surface area contributed by atoms with Gasteiger partial charge in [0.25, 0.3) is 0 Å². The summed E-state index contributed by atoms with van der Waals surface area (Å²) in [7, 11) is 1.83. The number of nitrogens with zero attached hydrogens (tertiary/aromatic N) is 3. The molecule has 2 fully saturated rings. The minimum absolute atomic E-state index is 0.226. The predicted molar refractivity (Wildman–Crippen MR) is 102 cm³/mol. The quantitative estimate of drug-likeness (QED) is 0.603. The first-order valence-electron chi connectivity index (χ1n) is 8.48. The number of thiazole rings is 1. The first kappa shape index (κ1) is 18.0. The van der Waals surface area contributed by atoms with Gasteiger partial charge in [-0.05, 0) is 19.1 Å². The Morgan fingerprint density at radius 3 is 2.88 bits per heavy atom. The molecule has 2 saturated heterocycles. The van der Waals surface area contributed by atoms with E-state index >= 15 is 0 Å². The van der Waals surface area contributed by atoms with Gasteiger partial charge in [0.05, 0.1) is 19.8 Å². The van der Waals surface area contributed by atoms with Crippen molar-refractivity contribution < 1.29 is 4.74 Å². The standard InChI is InChI=1S/C16H27N5OS2/c1-13-9-18-14(24-13)10-19-15(17-2)20-11-16(3-8-23-12-16)21-4-6-22-7-5-21/h9H,3-8,10-12H2,1-2H3,(H2,17,19,20). The van der Waals surface area contributed by atoms with E-state index in [1.54, 1.807) is 11.3 Å². The van der Waals surface area contributed by atoms with Crippen molar-refractivity contribution in [2.45, 2.75) is 25.4 Å². The van der Waals surface area contributed by atoms with Crippen molar-refractivity contribution in [3.8, 4) is 0 Å². The van der Waals surface area contributed by atoms with Gasteiger partial charge in [0.15, 0.2) is 5.96 Å². The lowest BCUT2D eigenvalue weighted by atomic mass is 9.95. The van der Waals surface area contributed by atoms with Crippen molar-refractivity contribution in [3.63, 3.8) is 0 Å². The van der Waals surface area contributed by atoms with Gasteiger partial charge in [0.2, 0.25) is 0 Å². The monoisotopic (exact) mass is 369 g/mol. The SMILES string of the molecule is CN=C(NCc1ncc(C)s1)NCC1(N2CCOCC2)CCSC1. The molecule has 1 aromatic heterocycles. The summed E-state index contributed by atoms with van der Waals surface area (Å²) in [4.78, 5) is 12.6. The molecule has 0 radical (unpaired) electrons. The Balaban J connectivity index is 1.54. The van der Waals surface area contributed by atoms with Gasteiger partial charge in [0, 0.05) is 49.0 Å². The number of guanidine groups is 1. The van der Waals surface area contributed by atoms with Crippen LogP contribution in [-0.4, -0.2) is 72.8 Å². The van der Waals surface area contributed by atoms with E-state index in [0.717, 1.165) is 50.4 Å². The molecule has 0 amide bonds. The number of aromatic nitrogens is 1. The van der Waals surface area contributed by atoms with Gasteiger partial charge in [-0.3, -0.25) is 9.89 Å². The molecule has 0 spiro atoms. The van der Waals surface area contributed by atoms with Crippen molar-refractivity contribution in [3.05, 3.63) is 16.1 Å². The molecule has 1 unspecified atom stereocenters. The molecule has 6 nitrogen and oxygen atoms in total. The number of aliphatic imine (C=N–C) groups is 1. The van der Waals surface area contributed by atoms with Crippen LogP contribution in [0.5, 0.6) is 0 Å². The normalized spacial score (nSPS) is 25.8. The average Bonchev–Trinajstić information content (AvgIpc) is 3.26. The number of rotatable bonds is 5. The summed E-state index contributed by atoms with van der Waals surface area (Å²) in [5.74, 6) is 3.28. The maximum Gasteiger partial charge on any atom is 0.191 e. The molecule has 0 aromatic carbocycles. The fourth-order valence-electron chi connectivity index (χ4n) is 3.25. The van der Waals surface area contributed by atoms with Crippen LogP contribution in [0.15, 0.2) is 11.2 Å². The Kier molecular flexibility index (Phi) is 6.37. The summed E-state index contributed by atoms with van der Waals surface area (Å²) in [6.07, 6.45) is 3.15. The summed E-state index contributed by atoms with van der Waals surface area (Å²) < 4.78 is 5.53. The molecule has 1 aromatic rings. The van der Waals surface area contributed by atoms with Gasteiger partial charge in [0.1, 0.15) is 5.01 Å². The highest BCUT2D eigenvalue weighted by Crippen LogP contribution is 2.33. The second-order valence-corrected chi connectivity index (χ2v) is 8.69. The van der Waals surface area contributed by atoms with E-state index in [9.17, 15) is 0 Å². The van der Waals surface area contributed by atoms with E-state index in [1.807, 2.05) is 13.2 Å². The summed E-state index contributed by atoms with van der Waals surface area (Å²) in [5, 5.41) is 8.02. The van der Waals surface area contributed by atoms with E-state index in [1.165, 1.54) is 22.8 Å². The van der Waals surface area contributed by atoms with Crippen molar-refractivity contribution in [2.24, 2.45) is 4.99 Å². The Bertz CT molecular complexity index is 550. The molecule has 2 aliphatic rings. The molecule has 3 heterocycles. The van der Waals surface area contributed by atoms with E-state index in [2.05, 4.69) is 44.2 Å². The largest absolute Gasteiger partial charge is 0.379 e. The van der Waals surface area contributed by atoms with Gasteiger partial charge in [-0.1, -0.05) is 0 Å².